The summed E-state index contributed by atoms with van der Waals surface area (Å²) < 4.78 is 5.36. The van der Waals surface area contributed by atoms with Gasteiger partial charge in [-0.2, -0.15) is 0 Å². The van der Waals surface area contributed by atoms with Gasteiger partial charge in [-0.3, -0.25) is 14.6 Å². The largest absolute Gasteiger partial charge is 0.497 e. The first-order valence-corrected chi connectivity index (χ1v) is 12.5. The molecule has 0 saturated carbocycles. The Bertz CT molecular complexity index is 1080. The molecule has 0 spiro atoms. The molecule has 6 heteroatoms. The number of likely N-dealkylation sites (tertiary alicyclic amines) is 1. The summed E-state index contributed by atoms with van der Waals surface area (Å²) in [5.41, 5.74) is 1.62. The number of urea groups is 1. The third-order valence-corrected chi connectivity index (χ3v) is 7.32. The minimum Gasteiger partial charge on any atom is -0.497 e. The van der Waals surface area contributed by atoms with E-state index in [-0.39, 0.29) is 24.4 Å². The normalized spacial score (nSPS) is 20.9. The number of carbonyl (C=O) groups is 2. The van der Waals surface area contributed by atoms with Gasteiger partial charge in [0.15, 0.2) is 0 Å². The van der Waals surface area contributed by atoms with Crippen molar-refractivity contribution in [2.45, 2.75) is 51.1 Å². The molecule has 0 radical (unpaired) electrons. The number of rotatable bonds is 9. The fraction of sp³-hybridized carbons (Fsp3) is 0.448. The van der Waals surface area contributed by atoms with E-state index in [9.17, 15) is 9.59 Å². The smallest absolute Gasteiger partial charge is 0.325 e. The average molecular weight is 474 g/mol. The van der Waals surface area contributed by atoms with Gasteiger partial charge in [0.05, 0.1) is 13.7 Å². The van der Waals surface area contributed by atoms with Crippen LogP contribution in [0.3, 0.4) is 0 Å². The van der Waals surface area contributed by atoms with E-state index in [0.29, 0.717) is 6.42 Å². The Hall–Kier alpha value is -3.30. The summed E-state index contributed by atoms with van der Waals surface area (Å²) in [6, 6.07) is 18.2. The fourth-order valence-corrected chi connectivity index (χ4v) is 5.43. The fourth-order valence-electron chi connectivity index (χ4n) is 5.43. The molecule has 35 heavy (non-hydrogen) atoms. The summed E-state index contributed by atoms with van der Waals surface area (Å²) in [6.45, 7) is 4.50. The number of ether oxygens (including phenoxy) is 1. The Labute approximate surface area is 208 Å². The maximum absolute atomic E-state index is 13.7. The molecule has 2 aliphatic rings. The summed E-state index contributed by atoms with van der Waals surface area (Å²) in [6.07, 6.45) is 4.11. The van der Waals surface area contributed by atoms with E-state index in [1.165, 1.54) is 16.0 Å². The Kier molecular flexibility index (Phi) is 8.09. The van der Waals surface area contributed by atoms with Crippen LogP contribution >= 0.6 is 0 Å². The number of amides is 3. The Morgan fingerprint density at radius 3 is 2.51 bits per heavy atom. The lowest BCUT2D eigenvalue weighted by molar-refractivity contribution is -0.134. The Balaban J connectivity index is 1.45. The molecule has 2 fully saturated rings. The van der Waals surface area contributed by atoms with Crippen LogP contribution in [0.4, 0.5) is 4.79 Å². The van der Waals surface area contributed by atoms with E-state index < -0.39 is 5.54 Å². The first-order chi connectivity index (χ1) is 17.1. The molecule has 0 aliphatic carbocycles. The molecule has 3 amide bonds. The van der Waals surface area contributed by atoms with Crippen molar-refractivity contribution in [1.29, 1.82) is 0 Å². The molecule has 2 aromatic rings. The number of carbonyl (C=O) groups excluding carboxylic acids is 2. The van der Waals surface area contributed by atoms with Crippen LogP contribution in [0.2, 0.25) is 0 Å². The number of hydrogen-bond acceptors (Lipinski definition) is 4. The van der Waals surface area contributed by atoms with Crippen molar-refractivity contribution in [3.63, 3.8) is 0 Å². The zero-order chi connectivity index (χ0) is 24.7. The van der Waals surface area contributed by atoms with Gasteiger partial charge in [-0.1, -0.05) is 48.4 Å². The molecule has 1 unspecified atom stereocenters. The van der Waals surface area contributed by atoms with E-state index >= 15 is 0 Å². The first-order valence-electron chi connectivity index (χ1n) is 12.5. The highest BCUT2D eigenvalue weighted by molar-refractivity contribution is 6.07. The van der Waals surface area contributed by atoms with Gasteiger partial charge >= 0.3 is 6.03 Å². The predicted molar refractivity (Wildman–Crippen MR) is 137 cm³/mol. The van der Waals surface area contributed by atoms with E-state index in [0.717, 1.165) is 51.1 Å². The SMILES string of the molecule is CC#CCN1C(=O)NC(CCCc2ccccc2)(C2CCN(Cc3cccc(OC)c3)CC2)C1=O. The van der Waals surface area contributed by atoms with Crippen molar-refractivity contribution < 1.29 is 14.3 Å². The molecule has 1 N–H and O–H groups in total. The molecule has 4 rings (SSSR count). The molecule has 2 heterocycles. The van der Waals surface area contributed by atoms with Gasteiger partial charge in [0.25, 0.3) is 5.91 Å². The number of benzene rings is 2. The molecule has 2 aliphatic heterocycles. The number of nitrogens with zero attached hydrogens (tertiary/aromatic N) is 2. The van der Waals surface area contributed by atoms with Gasteiger partial charge in [-0.25, -0.2) is 4.79 Å². The molecule has 2 saturated heterocycles. The lowest BCUT2D eigenvalue weighted by Crippen LogP contribution is -2.56. The van der Waals surface area contributed by atoms with Crippen molar-refractivity contribution >= 4 is 11.9 Å². The van der Waals surface area contributed by atoms with Crippen LogP contribution in [0.1, 0.15) is 43.7 Å². The van der Waals surface area contributed by atoms with Crippen LogP contribution in [0, 0.1) is 17.8 Å². The molecule has 1 atom stereocenters. The van der Waals surface area contributed by atoms with Crippen LogP contribution in [0.15, 0.2) is 54.6 Å². The van der Waals surface area contributed by atoms with Gasteiger partial charge in [0, 0.05) is 6.54 Å². The van der Waals surface area contributed by atoms with Crippen molar-refractivity contribution in [2.24, 2.45) is 5.92 Å². The second-order valence-corrected chi connectivity index (χ2v) is 9.46. The van der Waals surface area contributed by atoms with E-state index in [4.69, 9.17) is 4.74 Å². The third-order valence-electron chi connectivity index (χ3n) is 7.32. The number of hydrogen-bond donors (Lipinski definition) is 1. The van der Waals surface area contributed by atoms with Crippen LogP contribution < -0.4 is 10.1 Å². The van der Waals surface area contributed by atoms with Gasteiger partial charge < -0.3 is 10.1 Å². The molecule has 6 nitrogen and oxygen atoms in total. The zero-order valence-corrected chi connectivity index (χ0v) is 20.8. The minimum absolute atomic E-state index is 0.107. The number of methoxy groups -OCH3 is 1. The molecule has 0 bridgehead atoms. The summed E-state index contributed by atoms with van der Waals surface area (Å²) in [4.78, 5) is 30.3. The summed E-state index contributed by atoms with van der Waals surface area (Å²) in [5.74, 6) is 6.56. The number of piperidine rings is 1. The lowest BCUT2D eigenvalue weighted by Gasteiger charge is -2.41. The molecular weight excluding hydrogens is 438 g/mol. The molecule has 2 aromatic carbocycles. The Morgan fingerprint density at radius 1 is 1.06 bits per heavy atom. The molecular formula is C29H35N3O3. The second-order valence-electron chi connectivity index (χ2n) is 9.46. The first kappa shape index (κ1) is 24.8. The van der Waals surface area contributed by atoms with Gasteiger partial charge in [-0.05, 0) is 81.3 Å². The second kappa shape index (κ2) is 11.4. The highest BCUT2D eigenvalue weighted by atomic mass is 16.5. The summed E-state index contributed by atoms with van der Waals surface area (Å²) in [7, 11) is 1.68. The number of aryl methyl sites for hydroxylation is 1. The summed E-state index contributed by atoms with van der Waals surface area (Å²) in [5, 5.41) is 3.15. The molecule has 184 valence electrons. The van der Waals surface area contributed by atoms with E-state index in [1.54, 1.807) is 14.0 Å². The van der Waals surface area contributed by atoms with Gasteiger partial charge in [0.2, 0.25) is 0 Å². The van der Waals surface area contributed by atoms with E-state index in [1.807, 2.05) is 30.3 Å². The minimum atomic E-state index is -0.844. The van der Waals surface area contributed by atoms with Crippen LogP contribution in [-0.2, 0) is 17.8 Å². The van der Waals surface area contributed by atoms with Gasteiger partial charge in [0.1, 0.15) is 11.3 Å². The van der Waals surface area contributed by atoms with Crippen LogP contribution in [0.25, 0.3) is 0 Å². The van der Waals surface area contributed by atoms with Crippen molar-refractivity contribution in [3.05, 3.63) is 65.7 Å². The highest BCUT2D eigenvalue weighted by Crippen LogP contribution is 2.37. The highest BCUT2D eigenvalue weighted by Gasteiger charge is 2.55. The lowest BCUT2D eigenvalue weighted by atomic mass is 9.74. The summed E-state index contributed by atoms with van der Waals surface area (Å²) >= 11 is 0. The number of nitrogens with one attached hydrogen (secondary N) is 1. The maximum atomic E-state index is 13.7. The average Bonchev–Trinajstić information content (AvgIpc) is 3.13. The topological polar surface area (TPSA) is 61.9 Å². The van der Waals surface area contributed by atoms with E-state index in [2.05, 4.69) is 46.3 Å². The monoisotopic (exact) mass is 473 g/mol. The molecule has 0 aromatic heterocycles. The quantitative estimate of drug-likeness (QED) is 0.437. The third kappa shape index (κ3) is 5.68. The zero-order valence-electron chi connectivity index (χ0n) is 20.8. The predicted octanol–water partition coefficient (Wildman–Crippen LogP) is 4.24. The maximum Gasteiger partial charge on any atom is 0.325 e. The number of imide groups is 1. The Morgan fingerprint density at radius 2 is 1.80 bits per heavy atom. The van der Waals surface area contributed by atoms with Crippen molar-refractivity contribution in [3.8, 4) is 17.6 Å². The van der Waals surface area contributed by atoms with Crippen LogP contribution in [0.5, 0.6) is 5.75 Å². The van der Waals surface area contributed by atoms with Crippen LogP contribution in [-0.4, -0.2) is 54.0 Å². The van der Waals surface area contributed by atoms with Crippen molar-refractivity contribution in [1.82, 2.24) is 15.1 Å². The van der Waals surface area contributed by atoms with Crippen molar-refractivity contribution in [2.75, 3.05) is 26.7 Å². The van der Waals surface area contributed by atoms with Gasteiger partial charge in [-0.15, -0.1) is 5.92 Å². The standard InChI is InChI=1S/C29H35N3O3/c1-3-4-18-32-27(33)29(30-28(32)34,17-9-13-23-10-6-5-7-11-23)25-15-19-31(20-16-25)22-24-12-8-14-26(21-24)35-2/h5-8,10-12,14,21,25H,9,13,15-20,22H2,1-2H3,(H,30,34).